The summed E-state index contributed by atoms with van der Waals surface area (Å²) in [6.07, 6.45) is -4.49. The lowest BCUT2D eigenvalue weighted by molar-refractivity contribution is -0.137. The van der Waals surface area contributed by atoms with Gasteiger partial charge in [0, 0.05) is 5.56 Å². The molecule has 0 spiro atoms. The van der Waals surface area contributed by atoms with Crippen LogP contribution in [0.1, 0.15) is 23.6 Å². The van der Waals surface area contributed by atoms with Crippen LogP contribution >= 0.6 is 11.6 Å². The van der Waals surface area contributed by atoms with Gasteiger partial charge in [-0.3, -0.25) is 0 Å². The molecule has 0 aromatic heterocycles. The minimum atomic E-state index is -4.49. The van der Waals surface area contributed by atoms with Crippen molar-refractivity contribution in [2.24, 2.45) is 10.9 Å². The van der Waals surface area contributed by atoms with Crippen molar-refractivity contribution in [2.75, 3.05) is 0 Å². The zero-order valence-electron chi connectivity index (χ0n) is 12.5. The number of nitrogens with zero attached hydrogens (tertiary/aromatic N) is 1. The van der Waals surface area contributed by atoms with Gasteiger partial charge in [0.05, 0.1) is 16.3 Å². The maximum atomic E-state index is 13.6. The van der Waals surface area contributed by atoms with Crippen LogP contribution in [0.3, 0.4) is 0 Å². The second-order valence-corrected chi connectivity index (χ2v) is 5.40. The van der Waals surface area contributed by atoms with E-state index < -0.39 is 17.6 Å². The summed E-state index contributed by atoms with van der Waals surface area (Å²) in [5.74, 6) is 4.73. The molecule has 2 aromatic carbocycles. The largest absolute Gasteiger partial charge is 0.487 e. The molecule has 2 rings (SSSR count). The Bertz CT molecular complexity index is 775. The van der Waals surface area contributed by atoms with Crippen LogP contribution in [0, 0.1) is 5.82 Å². The third-order valence-electron chi connectivity index (χ3n) is 3.22. The Morgan fingerprint density at radius 1 is 1.21 bits per heavy atom. The molecule has 0 saturated heterocycles. The van der Waals surface area contributed by atoms with Gasteiger partial charge in [-0.05, 0) is 48.9 Å². The molecule has 3 nitrogen and oxygen atoms in total. The Balaban J connectivity index is 2.18. The van der Waals surface area contributed by atoms with E-state index in [0.717, 1.165) is 18.2 Å². The van der Waals surface area contributed by atoms with Gasteiger partial charge >= 0.3 is 6.18 Å². The lowest BCUT2D eigenvalue weighted by Gasteiger charge is -2.12. The Hall–Kier alpha value is -2.28. The molecular weight excluding hydrogens is 348 g/mol. The van der Waals surface area contributed by atoms with Gasteiger partial charge in [0.2, 0.25) is 0 Å². The second kappa shape index (κ2) is 7.09. The van der Waals surface area contributed by atoms with Crippen molar-refractivity contribution in [1.82, 2.24) is 0 Å². The predicted octanol–water partition coefficient (Wildman–Crippen LogP) is 4.76. The van der Waals surface area contributed by atoms with E-state index in [2.05, 4.69) is 5.10 Å². The first-order chi connectivity index (χ1) is 11.2. The highest BCUT2D eigenvalue weighted by atomic mass is 35.5. The van der Waals surface area contributed by atoms with Crippen LogP contribution in [0.5, 0.6) is 5.75 Å². The van der Waals surface area contributed by atoms with Crippen LogP contribution in [0.2, 0.25) is 5.02 Å². The average molecular weight is 361 g/mol. The fourth-order valence-corrected chi connectivity index (χ4v) is 2.21. The summed E-state index contributed by atoms with van der Waals surface area (Å²) in [7, 11) is 0. The molecule has 0 atom stereocenters. The summed E-state index contributed by atoms with van der Waals surface area (Å²) in [5.41, 5.74) is 0.504. The van der Waals surface area contributed by atoms with E-state index in [-0.39, 0.29) is 17.4 Å². The SMILES string of the molecule is C/C(=N\N)c1cc(F)cc(COc2ccc(C(F)(F)F)cc2Cl)c1. The number of nitrogens with two attached hydrogens (primary N) is 1. The molecule has 0 aliphatic rings. The number of hydrogen-bond acceptors (Lipinski definition) is 3. The number of halogens is 5. The van der Waals surface area contributed by atoms with Crippen LogP contribution in [0.15, 0.2) is 41.5 Å². The number of ether oxygens (including phenoxy) is 1. The highest BCUT2D eigenvalue weighted by Crippen LogP contribution is 2.34. The summed E-state index contributed by atoms with van der Waals surface area (Å²) in [5, 5.41) is 3.31. The van der Waals surface area contributed by atoms with E-state index in [1.807, 2.05) is 0 Å². The molecule has 0 bridgehead atoms. The fraction of sp³-hybridized carbons (Fsp3) is 0.188. The van der Waals surface area contributed by atoms with Gasteiger partial charge in [0.1, 0.15) is 18.2 Å². The average Bonchev–Trinajstić information content (AvgIpc) is 2.51. The van der Waals surface area contributed by atoms with Gasteiger partial charge in [0.15, 0.2) is 0 Å². The molecule has 0 amide bonds. The summed E-state index contributed by atoms with van der Waals surface area (Å²) < 4.78 is 56.7. The van der Waals surface area contributed by atoms with E-state index in [9.17, 15) is 17.6 Å². The van der Waals surface area contributed by atoms with E-state index >= 15 is 0 Å². The first-order valence-electron chi connectivity index (χ1n) is 6.74. The lowest BCUT2D eigenvalue weighted by atomic mass is 10.1. The van der Waals surface area contributed by atoms with Gasteiger partial charge < -0.3 is 10.6 Å². The molecule has 2 N–H and O–H groups in total. The molecule has 8 heteroatoms. The van der Waals surface area contributed by atoms with E-state index in [0.29, 0.717) is 16.8 Å². The molecule has 0 fully saturated rings. The maximum Gasteiger partial charge on any atom is 0.416 e. The quantitative estimate of drug-likeness (QED) is 0.370. The van der Waals surface area contributed by atoms with Crippen molar-refractivity contribution in [3.8, 4) is 5.75 Å². The third kappa shape index (κ3) is 4.38. The van der Waals surface area contributed by atoms with Gasteiger partial charge in [-0.1, -0.05) is 11.6 Å². The molecule has 0 heterocycles. The molecular formula is C16H13ClF4N2O. The highest BCUT2D eigenvalue weighted by Gasteiger charge is 2.31. The minimum absolute atomic E-state index is 0.0692. The molecule has 0 aliphatic heterocycles. The van der Waals surface area contributed by atoms with Gasteiger partial charge in [0.25, 0.3) is 0 Å². The van der Waals surface area contributed by atoms with Crippen molar-refractivity contribution in [3.63, 3.8) is 0 Å². The molecule has 0 aliphatic carbocycles. The maximum absolute atomic E-state index is 13.6. The van der Waals surface area contributed by atoms with Crippen molar-refractivity contribution in [3.05, 3.63) is 63.9 Å². The Labute approximate surface area is 140 Å². The fourth-order valence-electron chi connectivity index (χ4n) is 1.97. The van der Waals surface area contributed by atoms with Crippen molar-refractivity contribution in [2.45, 2.75) is 19.7 Å². The number of rotatable bonds is 4. The molecule has 128 valence electrons. The number of alkyl halides is 3. The van der Waals surface area contributed by atoms with Gasteiger partial charge in [-0.15, -0.1) is 0 Å². The number of benzene rings is 2. The second-order valence-electron chi connectivity index (χ2n) is 4.99. The summed E-state index contributed by atoms with van der Waals surface area (Å²) >= 11 is 5.80. The van der Waals surface area contributed by atoms with Crippen molar-refractivity contribution < 1.29 is 22.3 Å². The molecule has 0 unspecified atom stereocenters. The normalized spacial score (nSPS) is 12.3. The van der Waals surface area contributed by atoms with Crippen molar-refractivity contribution >= 4 is 17.3 Å². The molecule has 0 saturated carbocycles. The summed E-state index contributed by atoms with van der Waals surface area (Å²) in [4.78, 5) is 0. The zero-order chi connectivity index (χ0) is 17.9. The molecule has 24 heavy (non-hydrogen) atoms. The summed E-state index contributed by atoms with van der Waals surface area (Å²) in [6, 6.07) is 6.89. The highest BCUT2D eigenvalue weighted by molar-refractivity contribution is 6.32. The topological polar surface area (TPSA) is 47.6 Å². The van der Waals surface area contributed by atoms with Gasteiger partial charge in [-0.2, -0.15) is 18.3 Å². The van der Waals surface area contributed by atoms with Crippen LogP contribution in [-0.4, -0.2) is 5.71 Å². The van der Waals surface area contributed by atoms with Crippen LogP contribution in [0.4, 0.5) is 17.6 Å². The van der Waals surface area contributed by atoms with Crippen LogP contribution in [0.25, 0.3) is 0 Å². The number of hydrazone groups is 1. The first kappa shape index (κ1) is 18.1. The van der Waals surface area contributed by atoms with E-state index in [1.165, 1.54) is 12.1 Å². The van der Waals surface area contributed by atoms with Crippen LogP contribution < -0.4 is 10.6 Å². The Kier molecular flexibility index (Phi) is 5.33. The lowest BCUT2D eigenvalue weighted by Crippen LogP contribution is -2.05. The zero-order valence-corrected chi connectivity index (χ0v) is 13.2. The van der Waals surface area contributed by atoms with Crippen molar-refractivity contribution in [1.29, 1.82) is 0 Å². The van der Waals surface area contributed by atoms with Crippen LogP contribution in [-0.2, 0) is 12.8 Å². The monoisotopic (exact) mass is 360 g/mol. The Morgan fingerprint density at radius 2 is 1.92 bits per heavy atom. The van der Waals surface area contributed by atoms with E-state index in [4.69, 9.17) is 22.2 Å². The number of hydrogen-bond donors (Lipinski definition) is 1. The summed E-state index contributed by atoms with van der Waals surface area (Å²) in [6.45, 7) is 1.54. The van der Waals surface area contributed by atoms with Gasteiger partial charge in [-0.25, -0.2) is 4.39 Å². The molecule has 0 radical (unpaired) electrons. The molecule has 2 aromatic rings. The Morgan fingerprint density at radius 3 is 2.50 bits per heavy atom. The smallest absolute Gasteiger partial charge is 0.416 e. The standard InChI is InChI=1S/C16H13ClF4N2O/c1-9(23-22)11-4-10(5-13(18)6-11)8-24-15-3-2-12(7-14(15)17)16(19,20)21/h2-7H,8,22H2,1H3/b23-9+. The van der Waals surface area contributed by atoms with E-state index in [1.54, 1.807) is 13.0 Å². The minimum Gasteiger partial charge on any atom is -0.487 e. The first-order valence-corrected chi connectivity index (χ1v) is 7.12. The third-order valence-corrected chi connectivity index (χ3v) is 3.52. The predicted molar refractivity (Wildman–Crippen MR) is 83.6 cm³/mol.